The Hall–Kier alpha value is -1.95. The SMILES string of the molecule is COC(=O)c1cnc(-c2cccc(Br)c2)nc1N. The number of nitrogens with zero attached hydrogens (tertiary/aromatic N) is 2. The molecule has 18 heavy (non-hydrogen) atoms. The molecule has 5 nitrogen and oxygen atoms in total. The van der Waals surface area contributed by atoms with Crippen molar-refractivity contribution in [3.63, 3.8) is 0 Å². The second-order valence-corrected chi connectivity index (χ2v) is 4.41. The first kappa shape index (κ1) is 12.5. The molecule has 92 valence electrons. The average Bonchev–Trinajstić information content (AvgIpc) is 2.37. The maximum absolute atomic E-state index is 11.3. The maximum atomic E-state index is 11.3. The molecule has 0 fully saturated rings. The van der Waals surface area contributed by atoms with Gasteiger partial charge >= 0.3 is 5.97 Å². The van der Waals surface area contributed by atoms with Gasteiger partial charge in [0.25, 0.3) is 0 Å². The molecule has 0 unspecified atom stereocenters. The highest BCUT2D eigenvalue weighted by Crippen LogP contribution is 2.21. The number of carbonyl (C=O) groups is 1. The van der Waals surface area contributed by atoms with Crippen molar-refractivity contribution in [2.75, 3.05) is 12.8 Å². The summed E-state index contributed by atoms with van der Waals surface area (Å²) in [6.07, 6.45) is 1.37. The fraction of sp³-hybridized carbons (Fsp3) is 0.0833. The highest BCUT2D eigenvalue weighted by Gasteiger charge is 2.13. The smallest absolute Gasteiger partial charge is 0.343 e. The first-order chi connectivity index (χ1) is 8.61. The Kier molecular flexibility index (Phi) is 3.57. The number of nitrogens with two attached hydrogens (primary N) is 1. The maximum Gasteiger partial charge on any atom is 0.343 e. The molecule has 0 bridgehead atoms. The molecule has 2 aromatic rings. The second-order valence-electron chi connectivity index (χ2n) is 3.49. The third-order valence-electron chi connectivity index (χ3n) is 2.31. The molecular formula is C12H10BrN3O2. The predicted molar refractivity (Wildman–Crippen MR) is 70.9 cm³/mol. The number of anilines is 1. The molecule has 0 saturated carbocycles. The number of methoxy groups -OCH3 is 1. The fourth-order valence-corrected chi connectivity index (χ4v) is 1.83. The molecule has 0 saturated heterocycles. The molecule has 2 N–H and O–H groups in total. The molecule has 0 amide bonds. The monoisotopic (exact) mass is 307 g/mol. The van der Waals surface area contributed by atoms with E-state index in [0.29, 0.717) is 5.82 Å². The van der Waals surface area contributed by atoms with E-state index in [2.05, 4.69) is 30.6 Å². The van der Waals surface area contributed by atoms with Crippen LogP contribution in [0.15, 0.2) is 34.9 Å². The lowest BCUT2D eigenvalue weighted by Gasteiger charge is -2.05. The standard InChI is InChI=1S/C12H10BrN3O2/c1-18-12(17)9-6-15-11(16-10(9)14)7-3-2-4-8(13)5-7/h2-6H,1H3,(H2,14,15,16). The van der Waals surface area contributed by atoms with Gasteiger partial charge in [-0.1, -0.05) is 28.1 Å². The highest BCUT2D eigenvalue weighted by molar-refractivity contribution is 9.10. The number of benzene rings is 1. The molecule has 0 atom stereocenters. The summed E-state index contributed by atoms with van der Waals surface area (Å²) in [5.74, 6) is 0.0153. The Morgan fingerprint density at radius 2 is 2.22 bits per heavy atom. The number of esters is 1. The predicted octanol–water partition coefficient (Wildman–Crippen LogP) is 2.27. The van der Waals surface area contributed by atoms with Gasteiger partial charge in [0.2, 0.25) is 0 Å². The molecule has 1 aromatic heterocycles. The first-order valence-electron chi connectivity index (χ1n) is 5.08. The summed E-state index contributed by atoms with van der Waals surface area (Å²) in [7, 11) is 1.28. The average molecular weight is 308 g/mol. The minimum atomic E-state index is -0.548. The van der Waals surface area contributed by atoms with E-state index in [0.717, 1.165) is 10.0 Å². The van der Waals surface area contributed by atoms with Crippen LogP contribution >= 0.6 is 15.9 Å². The molecular weight excluding hydrogens is 298 g/mol. The quantitative estimate of drug-likeness (QED) is 0.861. The molecule has 6 heteroatoms. The summed E-state index contributed by atoms with van der Waals surface area (Å²) < 4.78 is 5.49. The van der Waals surface area contributed by atoms with Gasteiger partial charge in [-0.25, -0.2) is 14.8 Å². The zero-order valence-electron chi connectivity index (χ0n) is 9.55. The number of halogens is 1. The summed E-state index contributed by atoms with van der Waals surface area (Å²) in [6.45, 7) is 0. The Morgan fingerprint density at radius 1 is 1.44 bits per heavy atom. The van der Waals surface area contributed by atoms with Crippen LogP contribution in [0, 0.1) is 0 Å². The number of ether oxygens (including phenoxy) is 1. The van der Waals surface area contributed by atoms with Crippen LogP contribution in [0.4, 0.5) is 5.82 Å². The van der Waals surface area contributed by atoms with Crippen molar-refractivity contribution < 1.29 is 9.53 Å². The lowest BCUT2D eigenvalue weighted by atomic mass is 10.2. The lowest BCUT2D eigenvalue weighted by Crippen LogP contribution is -2.09. The summed E-state index contributed by atoms with van der Waals surface area (Å²) in [5.41, 5.74) is 6.69. The highest BCUT2D eigenvalue weighted by atomic mass is 79.9. The molecule has 0 spiro atoms. The van der Waals surface area contributed by atoms with Crippen molar-refractivity contribution in [2.45, 2.75) is 0 Å². The number of carbonyl (C=O) groups excluding carboxylic acids is 1. The van der Waals surface area contributed by atoms with Crippen LogP contribution in [0.25, 0.3) is 11.4 Å². The van der Waals surface area contributed by atoms with Crippen molar-refractivity contribution in [3.8, 4) is 11.4 Å². The van der Waals surface area contributed by atoms with Crippen LogP contribution in [0.1, 0.15) is 10.4 Å². The third kappa shape index (κ3) is 2.48. The van der Waals surface area contributed by atoms with Crippen LogP contribution in [0.2, 0.25) is 0 Å². The third-order valence-corrected chi connectivity index (χ3v) is 2.80. The van der Waals surface area contributed by atoms with Crippen molar-refractivity contribution in [2.24, 2.45) is 0 Å². The first-order valence-corrected chi connectivity index (χ1v) is 5.88. The topological polar surface area (TPSA) is 78.1 Å². The van der Waals surface area contributed by atoms with Crippen LogP contribution in [-0.2, 0) is 4.74 Å². The molecule has 1 heterocycles. The molecule has 0 aliphatic rings. The van der Waals surface area contributed by atoms with E-state index in [-0.39, 0.29) is 11.4 Å². The van der Waals surface area contributed by atoms with Gasteiger partial charge in [0.05, 0.1) is 7.11 Å². The van der Waals surface area contributed by atoms with Gasteiger partial charge in [0, 0.05) is 16.2 Å². The van der Waals surface area contributed by atoms with Gasteiger partial charge < -0.3 is 10.5 Å². The van der Waals surface area contributed by atoms with Gasteiger partial charge in [0.15, 0.2) is 5.82 Å². The summed E-state index contributed by atoms with van der Waals surface area (Å²) in [6, 6.07) is 7.49. The van der Waals surface area contributed by atoms with Gasteiger partial charge in [-0.15, -0.1) is 0 Å². The van der Waals surface area contributed by atoms with Gasteiger partial charge in [-0.05, 0) is 12.1 Å². The molecule has 0 aliphatic heterocycles. The normalized spacial score (nSPS) is 10.1. The zero-order valence-corrected chi connectivity index (χ0v) is 11.1. The minimum absolute atomic E-state index is 0.104. The summed E-state index contributed by atoms with van der Waals surface area (Å²) in [4.78, 5) is 19.6. The van der Waals surface area contributed by atoms with Crippen LogP contribution in [0.3, 0.4) is 0 Å². The van der Waals surface area contributed by atoms with Crippen molar-refractivity contribution in [1.82, 2.24) is 9.97 Å². The molecule has 0 aliphatic carbocycles. The summed E-state index contributed by atoms with van der Waals surface area (Å²) >= 11 is 3.37. The lowest BCUT2D eigenvalue weighted by molar-refractivity contribution is 0.0601. The van der Waals surface area contributed by atoms with Gasteiger partial charge in [-0.2, -0.15) is 0 Å². The Morgan fingerprint density at radius 3 is 2.83 bits per heavy atom. The van der Waals surface area contributed by atoms with E-state index in [4.69, 9.17) is 5.73 Å². The van der Waals surface area contributed by atoms with Gasteiger partial charge in [0.1, 0.15) is 11.4 Å². The zero-order chi connectivity index (χ0) is 13.1. The van der Waals surface area contributed by atoms with Gasteiger partial charge in [-0.3, -0.25) is 0 Å². The van der Waals surface area contributed by atoms with E-state index in [1.165, 1.54) is 13.3 Å². The molecule has 1 aromatic carbocycles. The van der Waals surface area contributed by atoms with Crippen molar-refractivity contribution >= 4 is 27.7 Å². The van der Waals surface area contributed by atoms with Crippen molar-refractivity contribution in [1.29, 1.82) is 0 Å². The largest absolute Gasteiger partial charge is 0.465 e. The number of nitrogen functional groups attached to an aromatic ring is 1. The van der Waals surface area contributed by atoms with Crippen LogP contribution in [-0.4, -0.2) is 23.0 Å². The molecule has 2 rings (SSSR count). The number of hydrogen-bond acceptors (Lipinski definition) is 5. The minimum Gasteiger partial charge on any atom is -0.465 e. The van der Waals surface area contributed by atoms with Crippen molar-refractivity contribution in [3.05, 3.63) is 40.5 Å². The van der Waals surface area contributed by atoms with E-state index < -0.39 is 5.97 Å². The van der Waals surface area contributed by atoms with E-state index in [1.807, 2.05) is 24.3 Å². The van der Waals surface area contributed by atoms with Crippen LogP contribution < -0.4 is 5.73 Å². The fourth-order valence-electron chi connectivity index (χ4n) is 1.43. The molecule has 0 radical (unpaired) electrons. The number of aromatic nitrogens is 2. The van der Waals surface area contributed by atoms with E-state index in [9.17, 15) is 4.79 Å². The van der Waals surface area contributed by atoms with Crippen LogP contribution in [0.5, 0.6) is 0 Å². The van der Waals surface area contributed by atoms with E-state index >= 15 is 0 Å². The summed E-state index contributed by atoms with van der Waals surface area (Å²) in [5, 5.41) is 0. The van der Waals surface area contributed by atoms with E-state index in [1.54, 1.807) is 0 Å². The number of rotatable bonds is 2. The Labute approximate surface area is 112 Å². The second kappa shape index (κ2) is 5.14. The number of hydrogen-bond donors (Lipinski definition) is 1. The Balaban J connectivity index is 2.43. The Bertz CT molecular complexity index is 602.